The maximum atomic E-state index is 13.5. The van der Waals surface area contributed by atoms with Crippen molar-refractivity contribution in [1.29, 1.82) is 0 Å². The number of para-hydroxylation sites is 2. The first-order valence-corrected chi connectivity index (χ1v) is 11.1. The van der Waals surface area contributed by atoms with Gasteiger partial charge >= 0.3 is 0 Å². The van der Waals surface area contributed by atoms with E-state index in [0.717, 1.165) is 22.4 Å². The third-order valence-corrected chi connectivity index (χ3v) is 7.34. The van der Waals surface area contributed by atoms with Gasteiger partial charge in [0.2, 0.25) is 13.4 Å². The average Bonchev–Trinajstić information content (AvgIpc) is 3.07. The van der Waals surface area contributed by atoms with E-state index in [0.29, 0.717) is 18.9 Å². The summed E-state index contributed by atoms with van der Waals surface area (Å²) in [4.78, 5) is 12.5. The molecule has 3 rings (SSSR count). The SMILES string of the molecule is CC/C(=N/c1nc2ccccc2[nH]1)N(Cc1ccccc1)P(C)(=O)N(C)C. The highest BCUT2D eigenvalue weighted by molar-refractivity contribution is 7.58. The van der Waals surface area contributed by atoms with Gasteiger partial charge in [-0.05, 0) is 31.8 Å². The fourth-order valence-corrected chi connectivity index (χ4v) is 4.31. The molecule has 1 N–H and O–H groups in total. The number of imidazole rings is 1. The molecule has 0 saturated carbocycles. The lowest BCUT2D eigenvalue weighted by Crippen LogP contribution is -2.32. The predicted octanol–water partition coefficient (Wildman–Crippen LogP) is 4.89. The van der Waals surface area contributed by atoms with Gasteiger partial charge in [-0.3, -0.25) is 9.24 Å². The molecule has 142 valence electrons. The van der Waals surface area contributed by atoms with Crippen molar-refractivity contribution in [3.05, 3.63) is 60.2 Å². The lowest BCUT2D eigenvalue weighted by atomic mass is 10.2. The van der Waals surface area contributed by atoms with E-state index in [1.54, 1.807) is 11.3 Å². The van der Waals surface area contributed by atoms with Crippen molar-refractivity contribution in [1.82, 2.24) is 19.3 Å². The number of hydrogen-bond donors (Lipinski definition) is 1. The molecular weight excluding hydrogens is 357 g/mol. The lowest BCUT2D eigenvalue weighted by Gasteiger charge is -2.35. The van der Waals surface area contributed by atoms with Crippen molar-refractivity contribution < 1.29 is 4.57 Å². The molecule has 1 aromatic heterocycles. The van der Waals surface area contributed by atoms with Crippen LogP contribution in [0.1, 0.15) is 18.9 Å². The molecule has 7 heteroatoms. The maximum Gasteiger partial charge on any atom is 0.237 e. The molecule has 2 aromatic carbocycles. The number of aliphatic imine (C=N–C) groups is 1. The monoisotopic (exact) mass is 383 g/mol. The predicted molar refractivity (Wildman–Crippen MR) is 113 cm³/mol. The number of aromatic amines is 1. The topological polar surface area (TPSA) is 64.6 Å². The minimum Gasteiger partial charge on any atom is -0.322 e. The third kappa shape index (κ3) is 4.29. The second-order valence-electron chi connectivity index (χ2n) is 6.68. The van der Waals surface area contributed by atoms with Gasteiger partial charge in [0.25, 0.3) is 0 Å². The summed E-state index contributed by atoms with van der Waals surface area (Å²) in [6, 6.07) is 17.9. The van der Waals surface area contributed by atoms with Crippen LogP contribution in [0.3, 0.4) is 0 Å². The van der Waals surface area contributed by atoms with Gasteiger partial charge in [0.15, 0.2) is 0 Å². The van der Waals surface area contributed by atoms with Crippen LogP contribution in [0.4, 0.5) is 5.95 Å². The minimum atomic E-state index is -2.79. The highest BCUT2D eigenvalue weighted by Crippen LogP contribution is 2.49. The third-order valence-electron chi connectivity index (χ3n) is 4.59. The lowest BCUT2D eigenvalue weighted by molar-refractivity contribution is 0.452. The summed E-state index contributed by atoms with van der Waals surface area (Å²) < 4.78 is 17.2. The summed E-state index contributed by atoms with van der Waals surface area (Å²) in [5, 5.41) is 0. The zero-order valence-corrected chi connectivity index (χ0v) is 17.1. The summed E-state index contributed by atoms with van der Waals surface area (Å²) >= 11 is 0. The molecule has 0 amide bonds. The highest BCUT2D eigenvalue weighted by atomic mass is 31.2. The molecule has 1 atom stereocenters. The van der Waals surface area contributed by atoms with Crippen molar-refractivity contribution >= 4 is 30.3 Å². The quantitative estimate of drug-likeness (QED) is 0.374. The van der Waals surface area contributed by atoms with E-state index >= 15 is 0 Å². The molecule has 0 radical (unpaired) electrons. The second kappa shape index (κ2) is 8.07. The fourth-order valence-electron chi connectivity index (χ4n) is 2.84. The maximum absolute atomic E-state index is 13.5. The van der Waals surface area contributed by atoms with Crippen LogP contribution in [0.2, 0.25) is 0 Å². The van der Waals surface area contributed by atoms with E-state index in [-0.39, 0.29) is 0 Å². The molecular formula is C20H26N5OP. The van der Waals surface area contributed by atoms with Crippen LogP contribution in [0.15, 0.2) is 59.6 Å². The Morgan fingerprint density at radius 2 is 1.78 bits per heavy atom. The Hall–Kier alpha value is -2.43. The molecule has 0 aliphatic heterocycles. The molecule has 1 heterocycles. The van der Waals surface area contributed by atoms with Crippen LogP contribution in [-0.2, 0) is 11.1 Å². The molecule has 0 aliphatic carbocycles. The number of amidine groups is 1. The van der Waals surface area contributed by atoms with Gasteiger partial charge < -0.3 is 4.98 Å². The molecule has 6 nitrogen and oxygen atoms in total. The van der Waals surface area contributed by atoms with E-state index in [4.69, 9.17) is 4.99 Å². The minimum absolute atomic E-state index is 0.527. The Morgan fingerprint density at radius 1 is 1.11 bits per heavy atom. The largest absolute Gasteiger partial charge is 0.322 e. The van der Waals surface area contributed by atoms with Crippen LogP contribution < -0.4 is 0 Å². The number of nitrogens with one attached hydrogen (secondary N) is 1. The molecule has 1 unspecified atom stereocenters. The molecule has 27 heavy (non-hydrogen) atoms. The standard InChI is InChI=1S/C20H26N5OP/c1-5-19(23-20-21-17-13-9-10-14-18(17)22-20)25(27(4,26)24(2)3)15-16-11-7-6-8-12-16/h6-14H,5,15H2,1-4H3,(H,21,22)/b23-19-. The van der Waals surface area contributed by atoms with Crippen molar-refractivity contribution in [3.63, 3.8) is 0 Å². The molecule has 0 saturated heterocycles. The first-order chi connectivity index (χ1) is 12.9. The van der Waals surface area contributed by atoms with Crippen molar-refractivity contribution in [3.8, 4) is 0 Å². The van der Waals surface area contributed by atoms with Crippen LogP contribution in [0.25, 0.3) is 11.0 Å². The summed E-state index contributed by atoms with van der Waals surface area (Å²) in [7, 11) is 0.891. The summed E-state index contributed by atoms with van der Waals surface area (Å²) in [6.07, 6.45) is 0.648. The first-order valence-electron chi connectivity index (χ1n) is 9.01. The van der Waals surface area contributed by atoms with Gasteiger partial charge in [0.05, 0.1) is 17.6 Å². The summed E-state index contributed by atoms with van der Waals surface area (Å²) in [5.74, 6) is 1.28. The zero-order chi connectivity index (χ0) is 19.4. The number of rotatable bonds is 6. The number of fused-ring (bicyclic) bond motifs is 1. The second-order valence-corrected chi connectivity index (χ2v) is 9.64. The van der Waals surface area contributed by atoms with Crippen LogP contribution in [0, 0.1) is 0 Å². The van der Waals surface area contributed by atoms with Crippen LogP contribution >= 0.6 is 7.44 Å². The normalized spacial score (nSPS) is 14.5. The fraction of sp³-hybridized carbons (Fsp3) is 0.300. The number of hydrogen-bond acceptors (Lipinski definition) is 3. The number of benzene rings is 2. The number of H-pyrrole nitrogens is 1. The van der Waals surface area contributed by atoms with Crippen molar-refractivity contribution in [2.45, 2.75) is 19.9 Å². The van der Waals surface area contributed by atoms with Crippen LogP contribution in [0.5, 0.6) is 0 Å². The van der Waals surface area contributed by atoms with Gasteiger partial charge in [0.1, 0.15) is 5.84 Å². The van der Waals surface area contributed by atoms with E-state index in [1.807, 2.05) is 80.3 Å². The van der Waals surface area contributed by atoms with Crippen molar-refractivity contribution in [2.24, 2.45) is 4.99 Å². The van der Waals surface area contributed by atoms with Gasteiger partial charge in [0, 0.05) is 13.1 Å². The van der Waals surface area contributed by atoms with Crippen LogP contribution in [-0.4, -0.2) is 45.9 Å². The molecule has 0 spiro atoms. The summed E-state index contributed by atoms with van der Waals surface area (Å²) in [5.41, 5.74) is 2.90. The Balaban J connectivity index is 2.03. The van der Waals surface area contributed by atoms with E-state index < -0.39 is 7.44 Å². The zero-order valence-electron chi connectivity index (χ0n) is 16.3. The van der Waals surface area contributed by atoms with Gasteiger partial charge in [-0.15, -0.1) is 0 Å². The summed E-state index contributed by atoms with van der Waals surface area (Å²) in [6.45, 7) is 4.33. The molecule has 0 aliphatic rings. The Labute approximate surface area is 160 Å². The van der Waals surface area contributed by atoms with E-state index in [2.05, 4.69) is 9.97 Å². The highest BCUT2D eigenvalue weighted by Gasteiger charge is 2.30. The van der Waals surface area contributed by atoms with E-state index in [1.165, 1.54) is 0 Å². The Bertz CT molecular complexity index is 947. The van der Waals surface area contributed by atoms with E-state index in [9.17, 15) is 4.57 Å². The van der Waals surface area contributed by atoms with Gasteiger partial charge in [-0.25, -0.2) is 9.65 Å². The molecule has 0 fully saturated rings. The number of nitrogens with zero attached hydrogens (tertiary/aromatic N) is 4. The first kappa shape index (κ1) is 19.3. The van der Waals surface area contributed by atoms with Gasteiger partial charge in [-0.1, -0.05) is 49.4 Å². The van der Waals surface area contributed by atoms with Crippen molar-refractivity contribution in [2.75, 3.05) is 20.8 Å². The smallest absolute Gasteiger partial charge is 0.237 e. The molecule has 3 aromatic rings. The van der Waals surface area contributed by atoms with Gasteiger partial charge in [-0.2, -0.15) is 4.99 Å². The Kier molecular flexibility index (Phi) is 5.78. The Morgan fingerprint density at radius 3 is 2.41 bits per heavy atom. The molecule has 0 bridgehead atoms. The average molecular weight is 383 g/mol. The number of aromatic nitrogens is 2.